The molecule has 2 rings (SSSR count). The average molecular weight is 243 g/mol. The fraction of sp³-hybridized carbons (Fsp3) is 0.400. The van der Waals surface area contributed by atoms with Crippen molar-refractivity contribution in [3.63, 3.8) is 0 Å². The predicted octanol–water partition coefficient (Wildman–Crippen LogP) is 2.81. The second-order valence-corrected chi connectivity index (χ2v) is 4.68. The zero-order valence-electron chi connectivity index (χ0n) is 11.4. The summed E-state index contributed by atoms with van der Waals surface area (Å²) in [6.07, 6.45) is 0. The summed E-state index contributed by atoms with van der Waals surface area (Å²) in [5, 5.41) is 7.91. The Morgan fingerprint density at radius 1 is 1.11 bits per heavy atom. The molecule has 0 spiro atoms. The number of benzene rings is 1. The lowest BCUT2D eigenvalue weighted by Gasteiger charge is -2.07. The van der Waals surface area contributed by atoms with Crippen LogP contribution >= 0.6 is 0 Å². The summed E-state index contributed by atoms with van der Waals surface area (Å²) in [5.41, 5.74) is 4.96. The van der Waals surface area contributed by atoms with Crippen LogP contribution < -0.4 is 5.32 Å². The van der Waals surface area contributed by atoms with Gasteiger partial charge in [-0.15, -0.1) is 0 Å². The van der Waals surface area contributed by atoms with Gasteiger partial charge in [0.15, 0.2) is 0 Å². The van der Waals surface area contributed by atoms with Gasteiger partial charge in [-0.1, -0.05) is 29.8 Å². The maximum Gasteiger partial charge on any atom is 0.0597 e. The lowest BCUT2D eigenvalue weighted by molar-refractivity contribution is 0.579. The molecule has 0 bridgehead atoms. The molecule has 0 radical (unpaired) electrons. The second-order valence-electron chi connectivity index (χ2n) is 4.68. The molecule has 3 nitrogen and oxygen atoms in total. The summed E-state index contributed by atoms with van der Waals surface area (Å²) in [7, 11) is 0. The number of aromatic nitrogens is 2. The van der Waals surface area contributed by atoms with Gasteiger partial charge in [0.1, 0.15) is 0 Å². The average Bonchev–Trinajstić information content (AvgIpc) is 2.72. The Kier molecular flexibility index (Phi) is 4.15. The van der Waals surface area contributed by atoms with Gasteiger partial charge in [0.2, 0.25) is 0 Å². The number of nitrogens with zero attached hydrogens (tertiary/aromatic N) is 2. The molecule has 0 saturated heterocycles. The largest absolute Gasteiger partial charge is 0.307 e. The summed E-state index contributed by atoms with van der Waals surface area (Å²) in [6, 6.07) is 10.8. The molecule has 0 aliphatic rings. The molecule has 96 valence electrons. The topological polar surface area (TPSA) is 29.9 Å². The maximum absolute atomic E-state index is 4.44. The molecule has 1 N–H and O–H groups in total. The molecule has 0 aliphatic heterocycles. The summed E-state index contributed by atoms with van der Waals surface area (Å²) in [4.78, 5) is 0. The van der Waals surface area contributed by atoms with Gasteiger partial charge in [-0.25, -0.2) is 0 Å². The molecule has 0 unspecified atom stereocenters. The molecular weight excluding hydrogens is 222 g/mol. The molecule has 1 aromatic heterocycles. The van der Waals surface area contributed by atoms with Crippen molar-refractivity contribution >= 4 is 0 Å². The number of nitrogens with one attached hydrogen (secondary N) is 1. The van der Waals surface area contributed by atoms with Gasteiger partial charge < -0.3 is 5.32 Å². The molecule has 0 amide bonds. The van der Waals surface area contributed by atoms with Gasteiger partial charge in [-0.2, -0.15) is 5.10 Å². The monoisotopic (exact) mass is 243 g/mol. The van der Waals surface area contributed by atoms with Crippen LogP contribution in [-0.2, 0) is 19.6 Å². The van der Waals surface area contributed by atoms with Gasteiger partial charge >= 0.3 is 0 Å². The number of aryl methyl sites for hydroxylation is 3. The summed E-state index contributed by atoms with van der Waals surface area (Å²) < 4.78 is 2.05. The first kappa shape index (κ1) is 12.8. The zero-order valence-corrected chi connectivity index (χ0v) is 11.4. The van der Waals surface area contributed by atoms with Gasteiger partial charge in [0.05, 0.1) is 11.4 Å². The smallest absolute Gasteiger partial charge is 0.0597 e. The van der Waals surface area contributed by atoms with Crippen molar-refractivity contribution in [2.75, 3.05) is 0 Å². The van der Waals surface area contributed by atoms with Crippen LogP contribution in [0.1, 0.15) is 29.4 Å². The van der Waals surface area contributed by atoms with Crippen LogP contribution in [-0.4, -0.2) is 9.78 Å². The van der Waals surface area contributed by atoms with Crippen LogP contribution in [0.3, 0.4) is 0 Å². The van der Waals surface area contributed by atoms with Crippen LogP contribution in [0.2, 0.25) is 0 Å². The Hall–Kier alpha value is -1.61. The van der Waals surface area contributed by atoms with Crippen LogP contribution in [0.5, 0.6) is 0 Å². The van der Waals surface area contributed by atoms with E-state index in [0.29, 0.717) is 0 Å². The zero-order chi connectivity index (χ0) is 13.0. The molecule has 0 saturated carbocycles. The molecular formula is C15H21N3. The maximum atomic E-state index is 4.44. The van der Waals surface area contributed by atoms with Crippen molar-refractivity contribution in [3.8, 4) is 0 Å². The fourth-order valence-electron chi connectivity index (χ4n) is 2.06. The minimum atomic E-state index is 0.864. The van der Waals surface area contributed by atoms with Gasteiger partial charge in [-0.3, -0.25) is 4.68 Å². The summed E-state index contributed by atoms with van der Waals surface area (Å²) >= 11 is 0. The van der Waals surface area contributed by atoms with E-state index >= 15 is 0 Å². The van der Waals surface area contributed by atoms with E-state index in [0.717, 1.165) is 25.3 Å². The van der Waals surface area contributed by atoms with Crippen molar-refractivity contribution in [1.82, 2.24) is 15.1 Å². The first-order valence-corrected chi connectivity index (χ1v) is 6.48. The lowest BCUT2D eigenvalue weighted by atomic mass is 10.1. The Morgan fingerprint density at radius 2 is 1.83 bits per heavy atom. The molecule has 3 heteroatoms. The fourth-order valence-corrected chi connectivity index (χ4v) is 2.06. The van der Waals surface area contributed by atoms with E-state index in [1.165, 1.54) is 16.8 Å². The van der Waals surface area contributed by atoms with Crippen molar-refractivity contribution in [2.24, 2.45) is 0 Å². The quantitative estimate of drug-likeness (QED) is 0.875. The van der Waals surface area contributed by atoms with Crippen LogP contribution in [0.4, 0.5) is 0 Å². The highest BCUT2D eigenvalue weighted by atomic mass is 15.3. The first-order valence-electron chi connectivity index (χ1n) is 6.48. The predicted molar refractivity (Wildman–Crippen MR) is 74.4 cm³/mol. The third-order valence-corrected chi connectivity index (χ3v) is 3.04. The summed E-state index contributed by atoms with van der Waals surface area (Å²) in [5.74, 6) is 0. The molecule has 2 aromatic rings. The number of hydrogen-bond acceptors (Lipinski definition) is 2. The molecule has 0 aliphatic carbocycles. The van der Waals surface area contributed by atoms with Gasteiger partial charge in [-0.05, 0) is 32.4 Å². The van der Waals surface area contributed by atoms with Crippen molar-refractivity contribution in [2.45, 2.75) is 40.4 Å². The normalized spacial score (nSPS) is 10.8. The van der Waals surface area contributed by atoms with E-state index in [1.807, 2.05) is 6.92 Å². The van der Waals surface area contributed by atoms with E-state index in [9.17, 15) is 0 Å². The number of rotatable bonds is 5. The molecule has 1 aromatic carbocycles. The SMILES string of the molecule is CCn1nc(C)cc1CNCc1ccc(C)cc1. The molecule has 0 fully saturated rings. The van der Waals surface area contributed by atoms with Crippen molar-refractivity contribution in [3.05, 3.63) is 52.8 Å². The highest BCUT2D eigenvalue weighted by Gasteiger charge is 2.03. The van der Waals surface area contributed by atoms with Crippen molar-refractivity contribution < 1.29 is 0 Å². The van der Waals surface area contributed by atoms with E-state index in [4.69, 9.17) is 0 Å². The first-order chi connectivity index (χ1) is 8.69. The molecule has 18 heavy (non-hydrogen) atoms. The second kappa shape index (κ2) is 5.83. The highest BCUT2D eigenvalue weighted by molar-refractivity contribution is 5.21. The minimum Gasteiger partial charge on any atom is -0.307 e. The third-order valence-electron chi connectivity index (χ3n) is 3.04. The van der Waals surface area contributed by atoms with Crippen LogP contribution in [0.15, 0.2) is 30.3 Å². The standard InChI is InChI=1S/C15H21N3/c1-4-18-15(9-13(3)17-18)11-16-10-14-7-5-12(2)6-8-14/h5-9,16H,4,10-11H2,1-3H3. The van der Waals surface area contributed by atoms with Crippen LogP contribution in [0, 0.1) is 13.8 Å². The van der Waals surface area contributed by atoms with Crippen LogP contribution in [0.25, 0.3) is 0 Å². The van der Waals surface area contributed by atoms with Gasteiger partial charge in [0.25, 0.3) is 0 Å². The van der Waals surface area contributed by atoms with Gasteiger partial charge in [0, 0.05) is 19.6 Å². The minimum absolute atomic E-state index is 0.864. The lowest BCUT2D eigenvalue weighted by Crippen LogP contribution is -2.16. The Balaban J connectivity index is 1.90. The Labute approximate surface area is 109 Å². The molecule has 0 atom stereocenters. The molecule has 1 heterocycles. The van der Waals surface area contributed by atoms with E-state index in [2.05, 4.69) is 59.3 Å². The summed E-state index contributed by atoms with van der Waals surface area (Å²) in [6.45, 7) is 8.96. The van der Waals surface area contributed by atoms with E-state index in [-0.39, 0.29) is 0 Å². The highest BCUT2D eigenvalue weighted by Crippen LogP contribution is 2.05. The Bertz CT molecular complexity index is 497. The number of hydrogen-bond donors (Lipinski definition) is 1. The van der Waals surface area contributed by atoms with E-state index in [1.54, 1.807) is 0 Å². The van der Waals surface area contributed by atoms with E-state index < -0.39 is 0 Å². The van der Waals surface area contributed by atoms with Crippen molar-refractivity contribution in [1.29, 1.82) is 0 Å². The third kappa shape index (κ3) is 3.20. The Morgan fingerprint density at radius 3 is 2.50 bits per heavy atom.